The Bertz CT molecular complexity index is 537. The molecule has 1 aliphatic carbocycles. The molecule has 1 fully saturated rings. The second-order valence-corrected chi connectivity index (χ2v) is 6.57. The second-order valence-electron chi connectivity index (χ2n) is 6.57. The molecule has 1 saturated carbocycles. The fraction of sp³-hybridized carbons (Fsp3) is 0.579. The van der Waals surface area contributed by atoms with E-state index in [4.69, 9.17) is 0 Å². The van der Waals surface area contributed by atoms with Crippen LogP contribution in [0.1, 0.15) is 57.4 Å². The number of benzene rings is 1. The summed E-state index contributed by atoms with van der Waals surface area (Å²) in [6.07, 6.45) is 7.27. The zero-order chi connectivity index (χ0) is 17.4. The lowest BCUT2D eigenvalue weighted by atomic mass is 10.1. The third-order valence-corrected chi connectivity index (χ3v) is 4.56. The lowest BCUT2D eigenvalue weighted by Gasteiger charge is -2.22. The molecule has 1 aliphatic rings. The van der Waals surface area contributed by atoms with Gasteiger partial charge in [-0.25, -0.2) is 4.39 Å². The summed E-state index contributed by atoms with van der Waals surface area (Å²) in [7, 11) is 0. The highest BCUT2D eigenvalue weighted by molar-refractivity contribution is 5.78. The summed E-state index contributed by atoms with van der Waals surface area (Å²) in [6.45, 7) is 2.27. The van der Waals surface area contributed by atoms with Crippen molar-refractivity contribution in [3.05, 3.63) is 35.6 Å². The van der Waals surface area contributed by atoms with Crippen LogP contribution < -0.4 is 5.32 Å². The van der Waals surface area contributed by atoms with Crippen LogP contribution in [0.5, 0.6) is 0 Å². The Morgan fingerprint density at radius 2 is 1.75 bits per heavy atom. The quantitative estimate of drug-likeness (QED) is 0.811. The van der Waals surface area contributed by atoms with Gasteiger partial charge in [-0.1, -0.05) is 37.8 Å². The average molecular weight is 334 g/mol. The summed E-state index contributed by atoms with van der Waals surface area (Å²) in [4.78, 5) is 25.6. The molecule has 0 aliphatic heterocycles. The molecule has 0 spiro atoms. The molecule has 1 N–H and O–H groups in total. The number of hydrogen-bond acceptors (Lipinski definition) is 2. The van der Waals surface area contributed by atoms with E-state index in [-0.39, 0.29) is 23.7 Å². The number of amides is 2. The average Bonchev–Trinajstić information content (AvgIpc) is 2.81. The number of halogens is 1. The first kappa shape index (κ1) is 18.4. The minimum absolute atomic E-state index is 0.00672. The molecule has 0 saturated heterocycles. The zero-order valence-electron chi connectivity index (χ0n) is 14.4. The molecule has 132 valence electrons. The molecule has 0 heterocycles. The van der Waals surface area contributed by atoms with Crippen molar-refractivity contribution in [2.45, 2.75) is 64.5 Å². The summed E-state index contributed by atoms with van der Waals surface area (Å²) in [6, 6.07) is 6.37. The highest BCUT2D eigenvalue weighted by Gasteiger charge is 2.16. The van der Waals surface area contributed by atoms with Crippen molar-refractivity contribution in [2.75, 3.05) is 6.54 Å². The van der Waals surface area contributed by atoms with Crippen molar-refractivity contribution < 1.29 is 14.0 Å². The highest BCUT2D eigenvalue weighted by Crippen LogP contribution is 2.17. The highest BCUT2D eigenvalue weighted by atomic mass is 19.1. The lowest BCUT2D eigenvalue weighted by molar-refractivity contribution is -0.130. The van der Waals surface area contributed by atoms with E-state index in [0.29, 0.717) is 19.5 Å². The van der Waals surface area contributed by atoms with E-state index in [1.165, 1.54) is 44.7 Å². The SMILES string of the molecule is CC(=O)N(CCC(=O)NC1CCCCCC1)Cc1ccc(F)cc1. The monoisotopic (exact) mass is 334 g/mol. The molecule has 24 heavy (non-hydrogen) atoms. The maximum atomic E-state index is 13.0. The first-order chi connectivity index (χ1) is 11.5. The summed E-state index contributed by atoms with van der Waals surface area (Å²) >= 11 is 0. The largest absolute Gasteiger partial charge is 0.353 e. The molecule has 0 radical (unpaired) electrons. The Balaban J connectivity index is 1.80. The fourth-order valence-electron chi connectivity index (χ4n) is 3.12. The van der Waals surface area contributed by atoms with Gasteiger partial charge in [0, 0.05) is 32.5 Å². The predicted octanol–water partition coefficient (Wildman–Crippen LogP) is 3.40. The third-order valence-electron chi connectivity index (χ3n) is 4.56. The van der Waals surface area contributed by atoms with Crippen LogP contribution in [0.3, 0.4) is 0 Å². The van der Waals surface area contributed by atoms with Crippen LogP contribution in [0.2, 0.25) is 0 Å². The van der Waals surface area contributed by atoms with Crippen LogP contribution in [0.15, 0.2) is 24.3 Å². The zero-order valence-corrected chi connectivity index (χ0v) is 14.4. The van der Waals surface area contributed by atoms with E-state index in [2.05, 4.69) is 5.32 Å². The number of carbonyl (C=O) groups is 2. The first-order valence-corrected chi connectivity index (χ1v) is 8.84. The van der Waals surface area contributed by atoms with Crippen molar-refractivity contribution in [3.63, 3.8) is 0 Å². The van der Waals surface area contributed by atoms with Gasteiger partial charge in [-0.3, -0.25) is 9.59 Å². The van der Waals surface area contributed by atoms with Crippen LogP contribution in [0.25, 0.3) is 0 Å². The molecule has 0 atom stereocenters. The van der Waals surface area contributed by atoms with Gasteiger partial charge >= 0.3 is 0 Å². The van der Waals surface area contributed by atoms with E-state index in [9.17, 15) is 14.0 Å². The predicted molar refractivity (Wildman–Crippen MR) is 91.7 cm³/mol. The molecular weight excluding hydrogens is 307 g/mol. The number of nitrogens with one attached hydrogen (secondary N) is 1. The standard InChI is InChI=1S/C19H27FN2O2/c1-15(23)22(14-16-8-10-17(20)11-9-16)13-12-19(24)21-18-6-4-2-3-5-7-18/h8-11,18H,2-7,12-14H2,1H3,(H,21,24). The minimum Gasteiger partial charge on any atom is -0.353 e. The van der Waals surface area contributed by atoms with Crippen LogP contribution >= 0.6 is 0 Å². The van der Waals surface area contributed by atoms with Crippen molar-refractivity contribution in [3.8, 4) is 0 Å². The maximum absolute atomic E-state index is 13.0. The van der Waals surface area contributed by atoms with Gasteiger partial charge in [0.2, 0.25) is 11.8 Å². The number of hydrogen-bond donors (Lipinski definition) is 1. The molecule has 2 amide bonds. The first-order valence-electron chi connectivity index (χ1n) is 8.84. The Morgan fingerprint density at radius 3 is 2.33 bits per heavy atom. The summed E-state index contributed by atoms with van der Waals surface area (Å²) in [5, 5.41) is 3.10. The number of nitrogens with zero attached hydrogens (tertiary/aromatic N) is 1. The normalized spacial score (nSPS) is 15.6. The molecule has 0 unspecified atom stereocenters. The molecule has 5 heteroatoms. The van der Waals surface area contributed by atoms with Crippen LogP contribution in [-0.2, 0) is 16.1 Å². The van der Waals surface area contributed by atoms with Gasteiger partial charge < -0.3 is 10.2 Å². The summed E-state index contributed by atoms with van der Waals surface area (Å²) in [5.74, 6) is -0.371. The second kappa shape index (κ2) is 9.40. The van der Waals surface area contributed by atoms with Crippen molar-refractivity contribution >= 4 is 11.8 Å². The fourth-order valence-corrected chi connectivity index (χ4v) is 3.12. The molecule has 0 aromatic heterocycles. The minimum atomic E-state index is -0.295. The molecule has 0 bridgehead atoms. The smallest absolute Gasteiger partial charge is 0.221 e. The molecular formula is C19H27FN2O2. The van der Waals surface area contributed by atoms with Gasteiger partial charge in [0.15, 0.2) is 0 Å². The maximum Gasteiger partial charge on any atom is 0.221 e. The molecule has 2 rings (SSSR count). The van der Waals surface area contributed by atoms with Crippen LogP contribution in [-0.4, -0.2) is 29.3 Å². The van der Waals surface area contributed by atoms with Gasteiger partial charge in [0.25, 0.3) is 0 Å². The number of rotatable bonds is 6. The Kier molecular flexibility index (Phi) is 7.22. The Morgan fingerprint density at radius 1 is 1.12 bits per heavy atom. The lowest BCUT2D eigenvalue weighted by Crippen LogP contribution is -2.37. The van der Waals surface area contributed by atoms with E-state index in [0.717, 1.165) is 18.4 Å². The van der Waals surface area contributed by atoms with Crippen molar-refractivity contribution in [2.24, 2.45) is 0 Å². The number of carbonyl (C=O) groups excluding carboxylic acids is 2. The van der Waals surface area contributed by atoms with E-state index < -0.39 is 0 Å². The molecule has 1 aromatic rings. The van der Waals surface area contributed by atoms with Gasteiger partial charge in [-0.2, -0.15) is 0 Å². The molecule has 4 nitrogen and oxygen atoms in total. The van der Waals surface area contributed by atoms with E-state index in [1.54, 1.807) is 17.0 Å². The van der Waals surface area contributed by atoms with E-state index >= 15 is 0 Å². The van der Waals surface area contributed by atoms with Crippen molar-refractivity contribution in [1.29, 1.82) is 0 Å². The van der Waals surface area contributed by atoms with Gasteiger partial charge in [-0.15, -0.1) is 0 Å². The van der Waals surface area contributed by atoms with Crippen LogP contribution in [0, 0.1) is 5.82 Å². The molecule has 1 aromatic carbocycles. The van der Waals surface area contributed by atoms with E-state index in [1.807, 2.05) is 0 Å². The Hall–Kier alpha value is -1.91. The topological polar surface area (TPSA) is 49.4 Å². The third kappa shape index (κ3) is 6.30. The van der Waals surface area contributed by atoms with Gasteiger partial charge in [-0.05, 0) is 30.5 Å². The van der Waals surface area contributed by atoms with Crippen LogP contribution in [0.4, 0.5) is 4.39 Å². The summed E-state index contributed by atoms with van der Waals surface area (Å²) in [5.41, 5.74) is 0.857. The summed E-state index contributed by atoms with van der Waals surface area (Å²) < 4.78 is 13.0. The van der Waals surface area contributed by atoms with Gasteiger partial charge in [0.1, 0.15) is 5.82 Å². The Labute approximate surface area is 143 Å². The van der Waals surface area contributed by atoms with Gasteiger partial charge in [0.05, 0.1) is 0 Å². The van der Waals surface area contributed by atoms with Crippen molar-refractivity contribution in [1.82, 2.24) is 10.2 Å².